The molecule has 1 heterocycles. The van der Waals surface area contributed by atoms with Crippen LogP contribution in [0.4, 0.5) is 4.39 Å². The fourth-order valence-corrected chi connectivity index (χ4v) is 3.99. The van der Waals surface area contributed by atoms with Crippen molar-refractivity contribution in [1.82, 2.24) is 9.88 Å². The van der Waals surface area contributed by atoms with Gasteiger partial charge in [0.05, 0.1) is 20.8 Å². The number of nitrogens with zero attached hydrogens (tertiary/aromatic N) is 1. The van der Waals surface area contributed by atoms with Crippen LogP contribution in [0.15, 0.2) is 72.9 Å². The number of para-hydroxylation sites is 1. The molecule has 0 aliphatic rings. The highest BCUT2D eigenvalue weighted by Gasteiger charge is 2.12. The predicted octanol–water partition coefficient (Wildman–Crippen LogP) is 5.09. The molecule has 0 unspecified atom stereocenters. The molecule has 5 nitrogen and oxygen atoms in total. The Morgan fingerprint density at radius 2 is 1.70 bits per heavy atom. The number of fused-ring (bicyclic) bond motifs is 1. The molecule has 0 fully saturated rings. The number of benzene rings is 3. The van der Waals surface area contributed by atoms with Gasteiger partial charge < -0.3 is 19.4 Å². The van der Waals surface area contributed by atoms with Gasteiger partial charge in [0, 0.05) is 35.6 Å². The molecule has 4 aromatic rings. The van der Waals surface area contributed by atoms with Crippen molar-refractivity contribution in [3.05, 3.63) is 95.4 Å². The van der Waals surface area contributed by atoms with E-state index in [-0.39, 0.29) is 11.7 Å². The third-order valence-corrected chi connectivity index (χ3v) is 5.73. The Labute approximate surface area is 192 Å². The molecule has 0 spiro atoms. The number of halogens is 1. The molecule has 0 atom stereocenters. The monoisotopic (exact) mass is 446 g/mol. The van der Waals surface area contributed by atoms with Gasteiger partial charge >= 0.3 is 0 Å². The molecular weight excluding hydrogens is 419 g/mol. The summed E-state index contributed by atoms with van der Waals surface area (Å²) in [5, 5.41) is 4.05. The van der Waals surface area contributed by atoms with E-state index in [2.05, 4.69) is 5.32 Å². The van der Waals surface area contributed by atoms with Crippen LogP contribution in [0.5, 0.6) is 11.5 Å². The van der Waals surface area contributed by atoms with Crippen molar-refractivity contribution in [3.8, 4) is 11.5 Å². The van der Waals surface area contributed by atoms with Crippen LogP contribution in [-0.4, -0.2) is 24.7 Å². The largest absolute Gasteiger partial charge is 0.493 e. The number of carbonyl (C=O) groups is 1. The third kappa shape index (κ3) is 5.17. The van der Waals surface area contributed by atoms with Crippen LogP contribution < -0.4 is 14.8 Å². The Hall–Kier alpha value is -3.80. The molecule has 6 heteroatoms. The quantitative estimate of drug-likeness (QED) is 0.389. The van der Waals surface area contributed by atoms with Crippen molar-refractivity contribution < 1.29 is 18.7 Å². The second-order valence-electron chi connectivity index (χ2n) is 7.86. The summed E-state index contributed by atoms with van der Waals surface area (Å²) >= 11 is 0. The normalized spacial score (nSPS) is 10.9. The van der Waals surface area contributed by atoms with Gasteiger partial charge in [-0.2, -0.15) is 0 Å². The molecule has 0 radical (unpaired) electrons. The number of aryl methyl sites for hydroxylation is 1. The Kier molecular flexibility index (Phi) is 6.93. The highest BCUT2D eigenvalue weighted by molar-refractivity contribution is 5.85. The van der Waals surface area contributed by atoms with E-state index in [1.54, 1.807) is 26.4 Å². The maximum Gasteiger partial charge on any atom is 0.220 e. The number of aromatic nitrogens is 1. The maximum atomic E-state index is 14.2. The van der Waals surface area contributed by atoms with Gasteiger partial charge in [0.25, 0.3) is 0 Å². The van der Waals surface area contributed by atoms with Crippen molar-refractivity contribution in [2.75, 3.05) is 14.2 Å². The molecule has 0 aliphatic carbocycles. The molecule has 33 heavy (non-hydrogen) atoms. The van der Waals surface area contributed by atoms with E-state index in [1.807, 2.05) is 59.3 Å². The lowest BCUT2D eigenvalue weighted by Crippen LogP contribution is -2.23. The Bertz CT molecular complexity index is 1270. The van der Waals surface area contributed by atoms with E-state index in [0.29, 0.717) is 43.0 Å². The summed E-state index contributed by atoms with van der Waals surface area (Å²) in [7, 11) is 3.18. The number of hydrogen-bond donors (Lipinski definition) is 1. The lowest BCUT2D eigenvalue weighted by molar-refractivity contribution is -0.121. The second kappa shape index (κ2) is 10.2. The van der Waals surface area contributed by atoms with Crippen LogP contribution in [0, 0.1) is 5.82 Å². The van der Waals surface area contributed by atoms with Crippen LogP contribution in [-0.2, 0) is 24.3 Å². The summed E-state index contributed by atoms with van der Waals surface area (Å²) in [6, 6.07) is 20.4. The van der Waals surface area contributed by atoms with Crippen molar-refractivity contribution in [2.24, 2.45) is 0 Å². The van der Waals surface area contributed by atoms with Gasteiger partial charge in [0.1, 0.15) is 5.82 Å². The standard InChI is InChI=1S/C27H27FN2O3/c1-32-25-13-11-19(15-26(25)33-2)16-29-27(31)14-12-20-17-30(24-10-6-4-8-22(20)24)18-21-7-3-5-9-23(21)28/h3-11,13,15,17H,12,14,16,18H2,1-2H3,(H,29,31). The number of methoxy groups -OCH3 is 2. The SMILES string of the molecule is COc1ccc(CNC(=O)CCc2cn(Cc3ccccc3F)c3ccccc23)cc1OC. The molecule has 0 aliphatic heterocycles. The van der Waals surface area contributed by atoms with Crippen molar-refractivity contribution >= 4 is 16.8 Å². The molecule has 1 amide bonds. The van der Waals surface area contributed by atoms with Crippen LogP contribution in [0.1, 0.15) is 23.1 Å². The van der Waals surface area contributed by atoms with E-state index in [0.717, 1.165) is 22.0 Å². The summed E-state index contributed by atoms with van der Waals surface area (Å²) in [5.74, 6) is 1.04. The lowest BCUT2D eigenvalue weighted by Gasteiger charge is -2.10. The number of amides is 1. The van der Waals surface area contributed by atoms with Crippen molar-refractivity contribution in [2.45, 2.75) is 25.9 Å². The number of carbonyl (C=O) groups excluding carboxylic acids is 1. The molecule has 3 aromatic carbocycles. The first kappa shape index (κ1) is 22.4. The van der Waals surface area contributed by atoms with E-state index < -0.39 is 0 Å². The predicted molar refractivity (Wildman–Crippen MR) is 127 cm³/mol. The Morgan fingerprint density at radius 3 is 2.48 bits per heavy atom. The van der Waals surface area contributed by atoms with Gasteiger partial charge in [-0.05, 0) is 41.8 Å². The van der Waals surface area contributed by atoms with E-state index >= 15 is 0 Å². The molecule has 0 bridgehead atoms. The number of rotatable bonds is 9. The van der Waals surface area contributed by atoms with Crippen LogP contribution in [0.3, 0.4) is 0 Å². The summed E-state index contributed by atoms with van der Waals surface area (Å²) in [4.78, 5) is 12.5. The fourth-order valence-electron chi connectivity index (χ4n) is 3.99. The second-order valence-corrected chi connectivity index (χ2v) is 7.86. The summed E-state index contributed by atoms with van der Waals surface area (Å²) < 4.78 is 26.8. The molecule has 0 saturated carbocycles. The van der Waals surface area contributed by atoms with Gasteiger partial charge in [-0.25, -0.2) is 4.39 Å². The van der Waals surface area contributed by atoms with E-state index in [4.69, 9.17) is 9.47 Å². The van der Waals surface area contributed by atoms with E-state index in [1.165, 1.54) is 6.07 Å². The minimum absolute atomic E-state index is 0.0317. The Morgan fingerprint density at radius 1 is 0.939 bits per heavy atom. The van der Waals surface area contributed by atoms with Gasteiger partial charge in [-0.15, -0.1) is 0 Å². The first-order chi connectivity index (χ1) is 16.1. The molecule has 170 valence electrons. The number of nitrogens with one attached hydrogen (secondary N) is 1. The van der Waals surface area contributed by atoms with Crippen LogP contribution in [0.25, 0.3) is 10.9 Å². The molecular formula is C27H27FN2O3. The van der Waals surface area contributed by atoms with Crippen LogP contribution >= 0.6 is 0 Å². The number of ether oxygens (including phenoxy) is 2. The van der Waals surface area contributed by atoms with E-state index in [9.17, 15) is 9.18 Å². The number of hydrogen-bond acceptors (Lipinski definition) is 3. The smallest absolute Gasteiger partial charge is 0.220 e. The fraction of sp³-hybridized carbons (Fsp3) is 0.222. The summed E-state index contributed by atoms with van der Waals surface area (Å²) in [6.45, 7) is 0.854. The zero-order chi connectivity index (χ0) is 23.2. The molecule has 1 N–H and O–H groups in total. The zero-order valence-corrected chi connectivity index (χ0v) is 18.8. The highest BCUT2D eigenvalue weighted by atomic mass is 19.1. The minimum atomic E-state index is -0.216. The Balaban J connectivity index is 1.42. The van der Waals surface area contributed by atoms with Gasteiger partial charge in [0.2, 0.25) is 5.91 Å². The lowest BCUT2D eigenvalue weighted by atomic mass is 10.1. The zero-order valence-electron chi connectivity index (χ0n) is 18.8. The average molecular weight is 447 g/mol. The van der Waals surface area contributed by atoms with Gasteiger partial charge in [-0.3, -0.25) is 4.79 Å². The minimum Gasteiger partial charge on any atom is -0.493 e. The van der Waals surface area contributed by atoms with Gasteiger partial charge in [-0.1, -0.05) is 42.5 Å². The van der Waals surface area contributed by atoms with Crippen LogP contribution in [0.2, 0.25) is 0 Å². The molecule has 1 aromatic heterocycles. The first-order valence-electron chi connectivity index (χ1n) is 10.9. The third-order valence-electron chi connectivity index (χ3n) is 5.73. The first-order valence-corrected chi connectivity index (χ1v) is 10.9. The molecule has 0 saturated heterocycles. The van der Waals surface area contributed by atoms with Crippen molar-refractivity contribution in [1.29, 1.82) is 0 Å². The van der Waals surface area contributed by atoms with Crippen molar-refractivity contribution in [3.63, 3.8) is 0 Å². The molecule has 4 rings (SSSR count). The summed E-state index contributed by atoms with van der Waals surface area (Å²) in [5.41, 5.74) is 3.67. The topological polar surface area (TPSA) is 52.5 Å². The average Bonchev–Trinajstić information content (AvgIpc) is 3.20. The highest BCUT2D eigenvalue weighted by Crippen LogP contribution is 2.27. The maximum absolute atomic E-state index is 14.2. The summed E-state index contributed by atoms with van der Waals surface area (Å²) in [6.07, 6.45) is 2.99. The van der Waals surface area contributed by atoms with Gasteiger partial charge in [0.15, 0.2) is 11.5 Å².